The fourth-order valence-corrected chi connectivity index (χ4v) is 1.48. The Balaban J connectivity index is 2.68. The first-order valence-electron chi connectivity index (χ1n) is 6.57. The second-order valence-corrected chi connectivity index (χ2v) is 4.12. The molecule has 0 saturated heterocycles. The third kappa shape index (κ3) is 5.70. The molecule has 0 heterocycles. The van der Waals surface area contributed by atoms with E-state index in [0.717, 1.165) is 5.56 Å². The Morgan fingerprint density at radius 1 is 1.32 bits per heavy atom. The van der Waals surface area contributed by atoms with Crippen molar-refractivity contribution in [2.75, 3.05) is 27.4 Å². The van der Waals surface area contributed by atoms with Gasteiger partial charge in [0.05, 0.1) is 7.11 Å². The Bertz CT molecular complexity index is 566. The first-order valence-corrected chi connectivity index (χ1v) is 6.57. The summed E-state index contributed by atoms with van der Waals surface area (Å²) in [6, 6.07) is 5.22. The molecule has 0 radical (unpaired) electrons. The second kappa shape index (κ2) is 9.23. The lowest BCUT2D eigenvalue weighted by Gasteiger charge is -2.09. The van der Waals surface area contributed by atoms with E-state index in [1.165, 1.54) is 20.2 Å². The highest BCUT2D eigenvalue weighted by atomic mass is 16.5. The molecule has 0 aliphatic rings. The monoisotopic (exact) mass is 305 g/mol. The van der Waals surface area contributed by atoms with Crippen molar-refractivity contribution in [1.29, 1.82) is 0 Å². The average molecular weight is 305 g/mol. The van der Waals surface area contributed by atoms with Gasteiger partial charge in [-0.1, -0.05) is 18.7 Å². The van der Waals surface area contributed by atoms with Gasteiger partial charge in [0.1, 0.15) is 6.61 Å². The number of esters is 1. The van der Waals surface area contributed by atoms with Crippen LogP contribution in [-0.4, -0.2) is 39.2 Å². The summed E-state index contributed by atoms with van der Waals surface area (Å²) in [5.74, 6) is 0.158. The normalized spacial score (nSPS) is 10.1. The molecule has 0 aromatic heterocycles. The standard InChI is InChI=1S/C16H19NO5/c1-4-9-21-13-7-5-12(10-14(13)20-3)6-8-16(19)22-11-15(18)17-2/h4-8,10H,1,9,11H2,2-3H3,(H,17,18)/b8-6+. The highest BCUT2D eigenvalue weighted by Gasteiger charge is 2.05. The zero-order valence-corrected chi connectivity index (χ0v) is 12.6. The molecule has 0 spiro atoms. The van der Waals surface area contributed by atoms with Gasteiger partial charge in [0.15, 0.2) is 18.1 Å². The number of amides is 1. The van der Waals surface area contributed by atoms with Crippen LogP contribution in [0.25, 0.3) is 6.08 Å². The highest BCUT2D eigenvalue weighted by molar-refractivity contribution is 5.89. The van der Waals surface area contributed by atoms with Crippen molar-refractivity contribution in [2.24, 2.45) is 0 Å². The molecule has 0 saturated carbocycles. The number of rotatable bonds is 8. The van der Waals surface area contributed by atoms with Crippen LogP contribution in [0.4, 0.5) is 0 Å². The molecule has 0 bridgehead atoms. The van der Waals surface area contributed by atoms with E-state index < -0.39 is 5.97 Å². The van der Waals surface area contributed by atoms with Crippen molar-refractivity contribution in [3.05, 3.63) is 42.5 Å². The van der Waals surface area contributed by atoms with Gasteiger partial charge in [-0.25, -0.2) is 4.79 Å². The van der Waals surface area contributed by atoms with Crippen molar-refractivity contribution < 1.29 is 23.8 Å². The van der Waals surface area contributed by atoms with Gasteiger partial charge in [0.2, 0.25) is 0 Å². The topological polar surface area (TPSA) is 73.9 Å². The van der Waals surface area contributed by atoms with Crippen LogP contribution in [0.3, 0.4) is 0 Å². The average Bonchev–Trinajstić information content (AvgIpc) is 2.55. The molecule has 1 rings (SSSR count). The van der Waals surface area contributed by atoms with Gasteiger partial charge in [-0.05, 0) is 23.8 Å². The summed E-state index contributed by atoms with van der Waals surface area (Å²) in [4.78, 5) is 22.4. The maximum absolute atomic E-state index is 11.4. The Hall–Kier alpha value is -2.76. The van der Waals surface area contributed by atoms with Gasteiger partial charge in [-0.15, -0.1) is 0 Å². The summed E-state index contributed by atoms with van der Waals surface area (Å²) in [6.07, 6.45) is 4.43. The van der Waals surface area contributed by atoms with Gasteiger partial charge in [0, 0.05) is 13.1 Å². The fraction of sp³-hybridized carbons (Fsp3) is 0.250. The molecule has 0 aliphatic heterocycles. The highest BCUT2D eigenvalue weighted by Crippen LogP contribution is 2.28. The number of carbonyl (C=O) groups excluding carboxylic acids is 2. The first kappa shape index (κ1) is 17.3. The second-order valence-electron chi connectivity index (χ2n) is 4.12. The molecule has 0 aliphatic carbocycles. The molecule has 1 aromatic rings. The number of nitrogens with one attached hydrogen (secondary N) is 1. The third-order valence-corrected chi connectivity index (χ3v) is 2.58. The largest absolute Gasteiger partial charge is 0.493 e. The molecular weight excluding hydrogens is 286 g/mol. The number of carbonyl (C=O) groups is 2. The minimum atomic E-state index is -0.602. The fourth-order valence-electron chi connectivity index (χ4n) is 1.48. The molecule has 0 unspecified atom stereocenters. The van der Waals surface area contributed by atoms with E-state index in [2.05, 4.69) is 11.9 Å². The van der Waals surface area contributed by atoms with Crippen molar-refractivity contribution in [1.82, 2.24) is 5.32 Å². The van der Waals surface area contributed by atoms with Gasteiger partial charge >= 0.3 is 5.97 Å². The minimum absolute atomic E-state index is 0.308. The smallest absolute Gasteiger partial charge is 0.331 e. The zero-order valence-electron chi connectivity index (χ0n) is 12.6. The van der Waals surface area contributed by atoms with E-state index in [1.807, 2.05) is 0 Å². The predicted molar refractivity (Wildman–Crippen MR) is 82.7 cm³/mol. The molecule has 6 heteroatoms. The Kier molecular flexibility index (Phi) is 7.25. The molecule has 0 atom stereocenters. The summed E-state index contributed by atoms with van der Waals surface area (Å²) in [7, 11) is 3.00. The van der Waals surface area contributed by atoms with Crippen LogP contribution in [0, 0.1) is 0 Å². The van der Waals surface area contributed by atoms with Crippen LogP contribution < -0.4 is 14.8 Å². The molecule has 6 nitrogen and oxygen atoms in total. The van der Waals surface area contributed by atoms with E-state index in [1.54, 1.807) is 30.4 Å². The Labute approximate surface area is 129 Å². The number of ether oxygens (including phenoxy) is 3. The van der Waals surface area contributed by atoms with Crippen molar-refractivity contribution in [3.8, 4) is 11.5 Å². The van der Waals surface area contributed by atoms with Crippen LogP contribution in [0.1, 0.15) is 5.56 Å². The van der Waals surface area contributed by atoms with E-state index in [0.29, 0.717) is 18.1 Å². The van der Waals surface area contributed by atoms with Crippen molar-refractivity contribution >= 4 is 18.0 Å². The van der Waals surface area contributed by atoms with Crippen LogP contribution >= 0.6 is 0 Å². The summed E-state index contributed by atoms with van der Waals surface area (Å²) in [5, 5.41) is 2.35. The molecule has 1 N–H and O–H groups in total. The van der Waals surface area contributed by atoms with E-state index in [4.69, 9.17) is 14.2 Å². The van der Waals surface area contributed by atoms with Gasteiger partial charge in [-0.2, -0.15) is 0 Å². The van der Waals surface area contributed by atoms with Crippen LogP contribution in [-0.2, 0) is 14.3 Å². The van der Waals surface area contributed by atoms with E-state index in [9.17, 15) is 9.59 Å². The first-order chi connectivity index (χ1) is 10.6. The van der Waals surface area contributed by atoms with Gasteiger partial charge in [0.25, 0.3) is 5.91 Å². The zero-order chi connectivity index (χ0) is 16.4. The molecule has 1 aromatic carbocycles. The number of hydrogen-bond acceptors (Lipinski definition) is 5. The Morgan fingerprint density at radius 3 is 2.73 bits per heavy atom. The molecule has 1 amide bonds. The lowest BCUT2D eigenvalue weighted by atomic mass is 10.2. The van der Waals surface area contributed by atoms with Crippen molar-refractivity contribution in [3.63, 3.8) is 0 Å². The number of benzene rings is 1. The molecule has 118 valence electrons. The maximum Gasteiger partial charge on any atom is 0.331 e. The lowest BCUT2D eigenvalue weighted by Crippen LogP contribution is -2.24. The molecule has 22 heavy (non-hydrogen) atoms. The third-order valence-electron chi connectivity index (χ3n) is 2.58. The molecule has 0 fully saturated rings. The SMILES string of the molecule is C=CCOc1ccc(/C=C/C(=O)OCC(=O)NC)cc1OC. The number of likely N-dealkylation sites (N-methyl/N-ethyl adjacent to an activating group) is 1. The van der Waals surface area contributed by atoms with Gasteiger partial charge < -0.3 is 19.5 Å². The summed E-state index contributed by atoms with van der Waals surface area (Å²) >= 11 is 0. The Morgan fingerprint density at radius 2 is 2.09 bits per heavy atom. The molecular formula is C16H19NO5. The van der Waals surface area contributed by atoms with E-state index >= 15 is 0 Å². The summed E-state index contributed by atoms with van der Waals surface area (Å²) in [5.41, 5.74) is 0.736. The summed E-state index contributed by atoms with van der Waals surface area (Å²) < 4.78 is 15.4. The predicted octanol–water partition coefficient (Wildman–Crippen LogP) is 1.56. The van der Waals surface area contributed by atoms with Gasteiger partial charge in [-0.3, -0.25) is 4.79 Å². The summed E-state index contributed by atoms with van der Waals surface area (Å²) in [6.45, 7) is 3.64. The lowest BCUT2D eigenvalue weighted by molar-refractivity contribution is -0.143. The van der Waals surface area contributed by atoms with E-state index in [-0.39, 0.29) is 12.5 Å². The van der Waals surface area contributed by atoms with Crippen LogP contribution in [0.15, 0.2) is 36.9 Å². The van der Waals surface area contributed by atoms with Crippen LogP contribution in [0.2, 0.25) is 0 Å². The number of hydrogen-bond donors (Lipinski definition) is 1. The van der Waals surface area contributed by atoms with Crippen LogP contribution in [0.5, 0.6) is 11.5 Å². The van der Waals surface area contributed by atoms with Crippen molar-refractivity contribution in [2.45, 2.75) is 0 Å². The quantitative estimate of drug-likeness (QED) is 0.448. The number of methoxy groups -OCH3 is 1. The maximum atomic E-state index is 11.4. The minimum Gasteiger partial charge on any atom is -0.493 e.